The van der Waals surface area contributed by atoms with E-state index < -0.39 is 24.0 Å². The Hall–Kier alpha value is -3.81. The van der Waals surface area contributed by atoms with Crippen LogP contribution in [0.5, 0.6) is 5.75 Å². The Balaban J connectivity index is 1.68. The number of halogens is 3. The largest absolute Gasteiger partial charge is 0.484 e. The van der Waals surface area contributed by atoms with Gasteiger partial charge in [0.25, 0.3) is 5.91 Å². The van der Waals surface area contributed by atoms with Gasteiger partial charge >= 0.3 is 5.92 Å². The van der Waals surface area contributed by atoms with Gasteiger partial charge in [-0.3, -0.25) is 4.79 Å². The number of nitrogens with zero attached hydrogens (tertiary/aromatic N) is 2. The molecule has 0 aliphatic rings. The minimum Gasteiger partial charge on any atom is -0.484 e. The van der Waals surface area contributed by atoms with Crippen molar-refractivity contribution in [3.63, 3.8) is 0 Å². The van der Waals surface area contributed by atoms with Gasteiger partial charge < -0.3 is 10.1 Å². The van der Waals surface area contributed by atoms with E-state index in [4.69, 9.17) is 4.74 Å². The molecule has 0 fully saturated rings. The van der Waals surface area contributed by atoms with Gasteiger partial charge in [-0.1, -0.05) is 23.8 Å². The van der Waals surface area contributed by atoms with Gasteiger partial charge in [-0.2, -0.15) is 13.9 Å². The number of fused-ring (bicyclic) bond motifs is 1. The quantitative estimate of drug-likeness (QED) is 0.349. The van der Waals surface area contributed by atoms with Crippen molar-refractivity contribution in [3.05, 3.63) is 89.4 Å². The predicted molar refractivity (Wildman–Crippen MR) is 129 cm³/mol. The number of benzene rings is 3. The first-order valence-electron chi connectivity index (χ1n) is 11.2. The molecule has 35 heavy (non-hydrogen) atoms. The van der Waals surface area contributed by atoms with Crippen LogP contribution in [0.2, 0.25) is 0 Å². The van der Waals surface area contributed by atoms with Gasteiger partial charge in [0.05, 0.1) is 23.4 Å². The van der Waals surface area contributed by atoms with E-state index in [0.717, 1.165) is 27.6 Å². The number of carbonyl (C=O) groups is 1. The number of nitrogens with one attached hydrogen (secondary N) is 1. The number of rotatable bonds is 7. The van der Waals surface area contributed by atoms with Gasteiger partial charge in [0.1, 0.15) is 17.7 Å². The number of amides is 1. The lowest BCUT2D eigenvalue weighted by Gasteiger charge is -2.29. The van der Waals surface area contributed by atoms with Crippen molar-refractivity contribution < 1.29 is 22.7 Å². The van der Waals surface area contributed by atoms with Gasteiger partial charge in [-0.05, 0) is 74.4 Å². The zero-order chi connectivity index (χ0) is 25.3. The van der Waals surface area contributed by atoms with Crippen LogP contribution < -0.4 is 10.1 Å². The van der Waals surface area contributed by atoms with Crippen LogP contribution >= 0.6 is 0 Å². The van der Waals surface area contributed by atoms with E-state index in [2.05, 4.69) is 10.4 Å². The molecule has 0 bridgehead atoms. The van der Waals surface area contributed by atoms with Crippen molar-refractivity contribution in [2.24, 2.45) is 0 Å². The smallest absolute Gasteiger partial charge is 0.321 e. The van der Waals surface area contributed by atoms with Crippen LogP contribution in [0.25, 0.3) is 16.6 Å². The Morgan fingerprint density at radius 3 is 2.46 bits per heavy atom. The summed E-state index contributed by atoms with van der Waals surface area (Å²) in [6.45, 7) is 6.04. The molecule has 4 aromatic rings. The van der Waals surface area contributed by atoms with E-state index in [-0.39, 0.29) is 5.82 Å². The Morgan fingerprint density at radius 2 is 1.77 bits per heavy atom. The molecule has 0 radical (unpaired) electrons. The van der Waals surface area contributed by atoms with Crippen LogP contribution in [-0.4, -0.2) is 27.7 Å². The van der Waals surface area contributed by atoms with Crippen LogP contribution in [0.4, 0.5) is 13.2 Å². The lowest BCUT2D eigenvalue weighted by molar-refractivity contribution is -0.144. The zero-order valence-corrected chi connectivity index (χ0v) is 19.9. The average Bonchev–Trinajstić information content (AvgIpc) is 3.22. The Morgan fingerprint density at radius 1 is 1.06 bits per heavy atom. The molecule has 0 aliphatic carbocycles. The summed E-state index contributed by atoms with van der Waals surface area (Å²) in [6, 6.07) is 16.4. The number of aryl methyl sites for hydroxylation is 2. The first kappa shape index (κ1) is 24.3. The van der Waals surface area contributed by atoms with Gasteiger partial charge in [-0.15, -0.1) is 0 Å². The second kappa shape index (κ2) is 9.44. The SMILES string of the molecule is Cc1ccc(C)c(C(Oc2ccc3c(cnn3-c3ccc(F)cc3)c2)C(C)NC(=O)C(C)(F)F)c1. The lowest BCUT2D eigenvalue weighted by Crippen LogP contribution is -2.46. The van der Waals surface area contributed by atoms with Crippen LogP contribution in [0.3, 0.4) is 0 Å². The number of ether oxygens (including phenoxy) is 1. The molecule has 182 valence electrons. The van der Waals surface area contributed by atoms with E-state index in [1.165, 1.54) is 12.1 Å². The molecule has 5 nitrogen and oxygen atoms in total. The maximum Gasteiger partial charge on any atom is 0.321 e. The van der Waals surface area contributed by atoms with E-state index >= 15 is 0 Å². The first-order chi connectivity index (χ1) is 16.5. The maximum atomic E-state index is 13.6. The second-order valence-corrected chi connectivity index (χ2v) is 8.80. The highest BCUT2D eigenvalue weighted by molar-refractivity contribution is 5.83. The number of alkyl halides is 2. The van der Waals surface area contributed by atoms with E-state index in [0.29, 0.717) is 18.4 Å². The fourth-order valence-corrected chi connectivity index (χ4v) is 3.93. The fourth-order valence-electron chi connectivity index (χ4n) is 3.93. The molecule has 8 heteroatoms. The number of aromatic nitrogens is 2. The topological polar surface area (TPSA) is 56.1 Å². The molecule has 0 spiro atoms. The number of hydrogen-bond acceptors (Lipinski definition) is 3. The summed E-state index contributed by atoms with van der Waals surface area (Å²) < 4.78 is 48.4. The van der Waals surface area contributed by atoms with Crippen LogP contribution in [0.15, 0.2) is 66.9 Å². The van der Waals surface area contributed by atoms with Crippen LogP contribution in [-0.2, 0) is 4.79 Å². The van der Waals surface area contributed by atoms with Crippen LogP contribution in [0, 0.1) is 19.7 Å². The van der Waals surface area contributed by atoms with E-state index in [1.54, 1.807) is 42.1 Å². The molecule has 1 aromatic heterocycles. The highest BCUT2D eigenvalue weighted by atomic mass is 19.3. The Bertz CT molecular complexity index is 1360. The summed E-state index contributed by atoms with van der Waals surface area (Å²) in [5, 5.41) is 7.57. The van der Waals surface area contributed by atoms with Crippen molar-refractivity contribution in [2.75, 3.05) is 0 Å². The van der Waals surface area contributed by atoms with E-state index in [1.807, 2.05) is 38.1 Å². The van der Waals surface area contributed by atoms with Crippen molar-refractivity contribution in [1.29, 1.82) is 0 Å². The molecule has 0 saturated heterocycles. The van der Waals surface area contributed by atoms with Gasteiger partial charge in [-0.25, -0.2) is 9.07 Å². The standard InChI is InChI=1S/C27H26F3N3O2/c1-16-5-6-17(2)23(13-16)25(18(3)32-26(34)27(4,29)30)35-22-11-12-24-19(14-22)15-31-33(24)21-9-7-20(28)8-10-21/h5-15,18,25H,1-4H3,(H,32,34). The lowest BCUT2D eigenvalue weighted by atomic mass is 9.96. The minimum atomic E-state index is -3.51. The van der Waals surface area contributed by atoms with Gasteiger partial charge in [0, 0.05) is 12.3 Å². The third-order valence-corrected chi connectivity index (χ3v) is 5.83. The molecule has 2 atom stereocenters. The Labute approximate surface area is 201 Å². The second-order valence-electron chi connectivity index (χ2n) is 8.80. The zero-order valence-electron chi connectivity index (χ0n) is 19.9. The normalized spacial score (nSPS) is 13.5. The highest BCUT2D eigenvalue weighted by Gasteiger charge is 2.35. The molecule has 1 heterocycles. The van der Waals surface area contributed by atoms with Gasteiger partial charge in [0.2, 0.25) is 0 Å². The third kappa shape index (κ3) is 5.31. The number of hydrogen-bond donors (Lipinski definition) is 1. The van der Waals surface area contributed by atoms with Crippen molar-refractivity contribution >= 4 is 16.8 Å². The highest BCUT2D eigenvalue weighted by Crippen LogP contribution is 2.31. The molecular formula is C27H26F3N3O2. The van der Waals surface area contributed by atoms with Crippen molar-refractivity contribution in [2.45, 2.75) is 45.8 Å². The molecule has 3 aromatic carbocycles. The summed E-state index contributed by atoms with van der Waals surface area (Å²) in [6.07, 6.45) is 0.951. The molecule has 1 amide bonds. The minimum absolute atomic E-state index is 0.333. The fraction of sp³-hybridized carbons (Fsp3) is 0.259. The summed E-state index contributed by atoms with van der Waals surface area (Å²) in [4.78, 5) is 12.0. The summed E-state index contributed by atoms with van der Waals surface area (Å²) in [5.41, 5.74) is 4.18. The third-order valence-electron chi connectivity index (χ3n) is 5.83. The Kier molecular flexibility index (Phi) is 6.56. The molecule has 0 saturated carbocycles. The summed E-state index contributed by atoms with van der Waals surface area (Å²) in [5.74, 6) is -4.71. The van der Waals surface area contributed by atoms with Crippen molar-refractivity contribution in [1.82, 2.24) is 15.1 Å². The van der Waals surface area contributed by atoms with Crippen molar-refractivity contribution in [3.8, 4) is 11.4 Å². The molecule has 4 rings (SSSR count). The summed E-state index contributed by atoms with van der Waals surface area (Å²) >= 11 is 0. The molecule has 2 unspecified atom stereocenters. The van der Waals surface area contributed by atoms with E-state index in [9.17, 15) is 18.0 Å². The number of carbonyl (C=O) groups excluding carboxylic acids is 1. The van der Waals surface area contributed by atoms with Crippen LogP contribution in [0.1, 0.15) is 36.6 Å². The van der Waals surface area contributed by atoms with Gasteiger partial charge in [0.15, 0.2) is 0 Å². The predicted octanol–water partition coefficient (Wildman–Crippen LogP) is 6.06. The maximum absolute atomic E-state index is 13.6. The first-order valence-corrected chi connectivity index (χ1v) is 11.2. The molecule has 0 aliphatic heterocycles. The monoisotopic (exact) mass is 481 g/mol. The molecular weight excluding hydrogens is 455 g/mol. The molecule has 1 N–H and O–H groups in total. The average molecular weight is 482 g/mol. The summed E-state index contributed by atoms with van der Waals surface area (Å²) in [7, 11) is 0.